The van der Waals surface area contributed by atoms with Crippen molar-refractivity contribution >= 4 is 11.6 Å². The van der Waals surface area contributed by atoms with E-state index >= 15 is 0 Å². The third-order valence-electron chi connectivity index (χ3n) is 5.44. The molecule has 1 aliphatic heterocycles. The van der Waals surface area contributed by atoms with Crippen molar-refractivity contribution in [3.8, 4) is 0 Å². The summed E-state index contributed by atoms with van der Waals surface area (Å²) in [5.74, 6) is 0.695. The number of hydrogen-bond donors (Lipinski definition) is 0. The molecule has 1 heterocycles. The standard InChI is InChI=1S/C23H30N2O/c1-3-23(26)25(21-12-8-5-9-13-21)22-15-17-24(18-19(22)2)16-14-20-10-6-4-7-11-20/h4-13,19,22H,3,14-18H2,1-2H3/t19-,22-/m1/s1. The van der Waals surface area contributed by atoms with Gasteiger partial charge in [0.1, 0.15) is 0 Å². The summed E-state index contributed by atoms with van der Waals surface area (Å²) in [5.41, 5.74) is 2.43. The Morgan fingerprint density at radius 1 is 1.08 bits per heavy atom. The molecule has 3 nitrogen and oxygen atoms in total. The third kappa shape index (κ3) is 4.53. The monoisotopic (exact) mass is 350 g/mol. The Bertz CT molecular complexity index is 686. The summed E-state index contributed by atoms with van der Waals surface area (Å²) in [6, 6.07) is 21.1. The van der Waals surface area contributed by atoms with E-state index in [1.165, 1.54) is 5.56 Å². The minimum Gasteiger partial charge on any atom is -0.309 e. The van der Waals surface area contributed by atoms with Crippen LogP contribution < -0.4 is 4.90 Å². The van der Waals surface area contributed by atoms with E-state index in [0.717, 1.165) is 38.2 Å². The minimum atomic E-state index is 0.228. The highest BCUT2D eigenvalue weighted by Gasteiger charge is 2.33. The van der Waals surface area contributed by atoms with E-state index in [9.17, 15) is 4.79 Å². The lowest BCUT2D eigenvalue weighted by molar-refractivity contribution is -0.119. The zero-order valence-corrected chi connectivity index (χ0v) is 16.0. The first-order chi connectivity index (χ1) is 12.7. The van der Waals surface area contributed by atoms with Gasteiger partial charge < -0.3 is 9.80 Å². The molecule has 0 aliphatic carbocycles. The van der Waals surface area contributed by atoms with Crippen LogP contribution in [0.1, 0.15) is 32.3 Å². The average Bonchev–Trinajstić information content (AvgIpc) is 2.69. The predicted octanol–water partition coefficient (Wildman–Crippen LogP) is 4.38. The van der Waals surface area contributed by atoms with Crippen LogP contribution in [0.15, 0.2) is 60.7 Å². The summed E-state index contributed by atoms with van der Waals surface area (Å²) in [7, 11) is 0. The Hall–Kier alpha value is -2.13. The lowest BCUT2D eigenvalue weighted by Crippen LogP contribution is -2.52. The van der Waals surface area contributed by atoms with E-state index in [2.05, 4.69) is 59.2 Å². The van der Waals surface area contributed by atoms with Gasteiger partial charge in [-0.1, -0.05) is 62.4 Å². The van der Waals surface area contributed by atoms with Crippen molar-refractivity contribution in [1.82, 2.24) is 4.90 Å². The van der Waals surface area contributed by atoms with Gasteiger partial charge in [0.05, 0.1) is 0 Å². The molecule has 1 amide bonds. The summed E-state index contributed by atoms with van der Waals surface area (Å²) >= 11 is 0. The van der Waals surface area contributed by atoms with E-state index in [1.54, 1.807) is 0 Å². The van der Waals surface area contributed by atoms with Crippen molar-refractivity contribution in [2.24, 2.45) is 5.92 Å². The summed E-state index contributed by atoms with van der Waals surface area (Å²) in [6.45, 7) is 7.45. The number of para-hydroxylation sites is 1. The fourth-order valence-corrected chi connectivity index (χ4v) is 4.02. The summed E-state index contributed by atoms with van der Waals surface area (Å²) in [5, 5.41) is 0. The molecule has 1 saturated heterocycles. The molecule has 0 saturated carbocycles. The Kier molecular flexibility index (Phi) is 6.45. The first kappa shape index (κ1) is 18.7. The highest BCUT2D eigenvalue weighted by atomic mass is 16.2. The number of hydrogen-bond acceptors (Lipinski definition) is 2. The lowest BCUT2D eigenvalue weighted by atomic mass is 9.91. The molecule has 26 heavy (non-hydrogen) atoms. The molecule has 0 bridgehead atoms. The van der Waals surface area contributed by atoms with Gasteiger partial charge in [0.2, 0.25) is 5.91 Å². The summed E-state index contributed by atoms with van der Waals surface area (Å²) in [6.07, 6.45) is 2.68. The van der Waals surface area contributed by atoms with Crippen LogP contribution >= 0.6 is 0 Å². The molecule has 2 aromatic carbocycles. The fourth-order valence-electron chi connectivity index (χ4n) is 4.02. The Morgan fingerprint density at radius 3 is 2.35 bits per heavy atom. The molecule has 3 heteroatoms. The van der Waals surface area contributed by atoms with Crippen LogP contribution in [0.2, 0.25) is 0 Å². The van der Waals surface area contributed by atoms with E-state index in [-0.39, 0.29) is 11.9 Å². The van der Waals surface area contributed by atoms with Crippen molar-refractivity contribution in [3.05, 3.63) is 66.2 Å². The smallest absolute Gasteiger partial charge is 0.226 e. The Labute approximate surface area is 157 Å². The van der Waals surface area contributed by atoms with E-state index in [4.69, 9.17) is 0 Å². The molecule has 0 spiro atoms. The number of rotatable bonds is 6. The second-order valence-electron chi connectivity index (χ2n) is 7.32. The Balaban J connectivity index is 1.64. The van der Waals surface area contributed by atoms with Crippen LogP contribution in [-0.4, -0.2) is 36.5 Å². The normalized spacial score (nSPS) is 20.7. The van der Waals surface area contributed by atoms with E-state index < -0.39 is 0 Å². The Morgan fingerprint density at radius 2 is 1.73 bits per heavy atom. The minimum absolute atomic E-state index is 0.228. The number of carbonyl (C=O) groups is 1. The number of piperidine rings is 1. The van der Waals surface area contributed by atoms with Crippen molar-refractivity contribution in [1.29, 1.82) is 0 Å². The van der Waals surface area contributed by atoms with Crippen LogP contribution in [-0.2, 0) is 11.2 Å². The van der Waals surface area contributed by atoms with Crippen LogP contribution in [0, 0.1) is 5.92 Å². The first-order valence-electron chi connectivity index (χ1n) is 9.82. The molecule has 0 unspecified atom stereocenters. The quantitative estimate of drug-likeness (QED) is 0.772. The molecule has 138 valence electrons. The first-order valence-corrected chi connectivity index (χ1v) is 9.82. The van der Waals surface area contributed by atoms with Crippen molar-refractivity contribution in [2.75, 3.05) is 24.5 Å². The number of likely N-dealkylation sites (tertiary alicyclic amines) is 1. The van der Waals surface area contributed by atoms with Gasteiger partial charge in [-0.25, -0.2) is 0 Å². The van der Waals surface area contributed by atoms with Crippen LogP contribution in [0.3, 0.4) is 0 Å². The lowest BCUT2D eigenvalue weighted by Gasteiger charge is -2.42. The molecule has 0 radical (unpaired) electrons. The summed E-state index contributed by atoms with van der Waals surface area (Å²) < 4.78 is 0. The zero-order valence-electron chi connectivity index (χ0n) is 16.0. The van der Waals surface area contributed by atoms with E-state index in [1.807, 2.05) is 25.1 Å². The van der Waals surface area contributed by atoms with Gasteiger partial charge in [0, 0.05) is 37.8 Å². The highest BCUT2D eigenvalue weighted by Crippen LogP contribution is 2.28. The van der Waals surface area contributed by atoms with Gasteiger partial charge >= 0.3 is 0 Å². The molecule has 2 atom stereocenters. The van der Waals surface area contributed by atoms with Gasteiger partial charge in [0.15, 0.2) is 0 Å². The van der Waals surface area contributed by atoms with Crippen molar-refractivity contribution < 1.29 is 4.79 Å². The van der Waals surface area contributed by atoms with Gasteiger partial charge in [-0.05, 0) is 36.5 Å². The number of benzene rings is 2. The van der Waals surface area contributed by atoms with Gasteiger partial charge in [-0.2, -0.15) is 0 Å². The molecule has 1 aliphatic rings. The predicted molar refractivity (Wildman–Crippen MR) is 108 cm³/mol. The van der Waals surface area contributed by atoms with E-state index in [0.29, 0.717) is 12.3 Å². The van der Waals surface area contributed by atoms with Crippen LogP contribution in [0.25, 0.3) is 0 Å². The van der Waals surface area contributed by atoms with Crippen LogP contribution in [0.4, 0.5) is 5.69 Å². The molecule has 1 fully saturated rings. The number of nitrogens with zero attached hydrogens (tertiary/aromatic N) is 2. The van der Waals surface area contributed by atoms with Gasteiger partial charge in [-0.3, -0.25) is 4.79 Å². The van der Waals surface area contributed by atoms with Gasteiger partial charge in [-0.15, -0.1) is 0 Å². The SMILES string of the molecule is CCC(=O)N(c1ccccc1)[C@@H]1CCN(CCc2ccccc2)C[C@H]1C. The summed E-state index contributed by atoms with van der Waals surface area (Å²) in [4.78, 5) is 17.3. The maximum Gasteiger partial charge on any atom is 0.226 e. The third-order valence-corrected chi connectivity index (χ3v) is 5.44. The molecule has 0 N–H and O–H groups in total. The maximum absolute atomic E-state index is 12.7. The second-order valence-corrected chi connectivity index (χ2v) is 7.32. The molecular weight excluding hydrogens is 320 g/mol. The fraction of sp³-hybridized carbons (Fsp3) is 0.435. The zero-order chi connectivity index (χ0) is 18.4. The average molecular weight is 351 g/mol. The van der Waals surface area contributed by atoms with Crippen LogP contribution in [0.5, 0.6) is 0 Å². The van der Waals surface area contributed by atoms with Gasteiger partial charge in [0.25, 0.3) is 0 Å². The largest absolute Gasteiger partial charge is 0.309 e. The number of amides is 1. The molecule has 0 aromatic heterocycles. The van der Waals surface area contributed by atoms with Crippen molar-refractivity contribution in [2.45, 2.75) is 39.2 Å². The van der Waals surface area contributed by atoms with Crippen molar-refractivity contribution in [3.63, 3.8) is 0 Å². The molecular formula is C23H30N2O. The molecule has 2 aromatic rings. The highest BCUT2D eigenvalue weighted by molar-refractivity contribution is 5.93. The topological polar surface area (TPSA) is 23.6 Å². The second kappa shape index (κ2) is 9.00. The number of carbonyl (C=O) groups excluding carboxylic acids is 1. The molecule has 3 rings (SSSR count). The number of anilines is 1. The maximum atomic E-state index is 12.7.